The molecule has 0 aliphatic carbocycles. The molecular weight excluding hydrogens is 338 g/mol. The minimum atomic E-state index is -0.925. The summed E-state index contributed by atoms with van der Waals surface area (Å²) >= 11 is 0. The van der Waals surface area contributed by atoms with Gasteiger partial charge in [0.25, 0.3) is 0 Å². The van der Waals surface area contributed by atoms with Crippen LogP contribution in [-0.4, -0.2) is 15.6 Å². The topological polar surface area (TPSA) is 51.5 Å². The Labute approximate surface area is 157 Å². The Hall–Kier alpha value is -3.53. The molecule has 1 heterocycles. The highest BCUT2D eigenvalue weighted by molar-refractivity contribution is 6.04. The summed E-state index contributed by atoms with van der Waals surface area (Å²) in [6.45, 7) is 0.478. The lowest BCUT2D eigenvalue weighted by molar-refractivity contribution is 0.0699. The maximum atomic E-state index is 11.6. The Morgan fingerprint density at radius 2 is 1.74 bits per heavy atom. The van der Waals surface area contributed by atoms with Gasteiger partial charge in [0.2, 0.25) is 0 Å². The van der Waals surface area contributed by atoms with E-state index in [0.29, 0.717) is 12.2 Å². The number of fused-ring (bicyclic) bond motifs is 1. The van der Waals surface area contributed by atoms with Gasteiger partial charge in [-0.3, -0.25) is 0 Å². The summed E-state index contributed by atoms with van der Waals surface area (Å²) in [5.74, 6) is -0.153. The van der Waals surface area contributed by atoms with Crippen LogP contribution in [0.2, 0.25) is 0 Å². The molecule has 0 radical (unpaired) electrons. The van der Waals surface area contributed by atoms with Crippen molar-refractivity contribution in [3.05, 3.63) is 90.1 Å². The highest BCUT2D eigenvalue weighted by Gasteiger charge is 2.15. The quantitative estimate of drug-likeness (QED) is 0.539. The van der Waals surface area contributed by atoms with Gasteiger partial charge in [0.05, 0.1) is 5.56 Å². The molecule has 0 spiro atoms. The van der Waals surface area contributed by atoms with Gasteiger partial charge in [-0.15, -0.1) is 0 Å². The third kappa shape index (κ3) is 3.29. The van der Waals surface area contributed by atoms with Gasteiger partial charge in [-0.05, 0) is 29.3 Å². The largest absolute Gasteiger partial charge is 0.488 e. The normalized spacial score (nSPS) is 10.9. The number of para-hydroxylation sites is 1. The van der Waals surface area contributed by atoms with Crippen LogP contribution in [0.5, 0.6) is 5.75 Å². The Morgan fingerprint density at radius 3 is 2.52 bits per heavy atom. The fourth-order valence-corrected chi connectivity index (χ4v) is 3.30. The van der Waals surface area contributed by atoms with Crippen LogP contribution in [0.1, 0.15) is 15.9 Å². The molecule has 0 saturated carbocycles. The molecule has 0 aliphatic heterocycles. The molecule has 3 aromatic carbocycles. The summed E-state index contributed by atoms with van der Waals surface area (Å²) in [7, 11) is 1.85. The van der Waals surface area contributed by atoms with Crippen LogP contribution < -0.4 is 4.74 Å². The van der Waals surface area contributed by atoms with Crippen molar-refractivity contribution >= 4 is 16.9 Å². The molecule has 4 aromatic rings. The molecular formula is C23H19NO3. The summed E-state index contributed by atoms with van der Waals surface area (Å²) in [5.41, 5.74) is 4.16. The molecule has 0 aliphatic rings. The SMILES string of the molecule is Cn1cc(C(=O)O)c2cc(-c3ccccc3OCc3ccccc3)ccc21. The van der Waals surface area contributed by atoms with Crippen LogP contribution in [0.25, 0.3) is 22.0 Å². The first-order chi connectivity index (χ1) is 13.1. The van der Waals surface area contributed by atoms with Crippen LogP contribution in [0.15, 0.2) is 79.0 Å². The number of hydrogen-bond donors (Lipinski definition) is 1. The number of aromatic carboxylic acids is 1. The van der Waals surface area contributed by atoms with Crippen LogP contribution in [0.3, 0.4) is 0 Å². The second-order valence-corrected chi connectivity index (χ2v) is 6.46. The molecule has 134 valence electrons. The lowest BCUT2D eigenvalue weighted by atomic mass is 10.0. The number of nitrogens with zero attached hydrogens (tertiary/aromatic N) is 1. The van der Waals surface area contributed by atoms with Crippen LogP contribution in [0.4, 0.5) is 0 Å². The zero-order chi connectivity index (χ0) is 18.8. The van der Waals surface area contributed by atoms with E-state index in [9.17, 15) is 9.90 Å². The number of aryl methyl sites for hydroxylation is 1. The zero-order valence-electron chi connectivity index (χ0n) is 14.9. The number of benzene rings is 3. The molecule has 4 heteroatoms. The molecule has 27 heavy (non-hydrogen) atoms. The molecule has 0 bridgehead atoms. The third-order valence-electron chi connectivity index (χ3n) is 4.66. The zero-order valence-corrected chi connectivity index (χ0v) is 14.9. The van der Waals surface area contributed by atoms with E-state index >= 15 is 0 Å². The van der Waals surface area contributed by atoms with E-state index in [1.807, 2.05) is 84.4 Å². The summed E-state index contributed by atoms with van der Waals surface area (Å²) in [6, 6.07) is 23.7. The van der Waals surface area contributed by atoms with Crippen molar-refractivity contribution in [3.8, 4) is 16.9 Å². The smallest absolute Gasteiger partial charge is 0.337 e. The Kier molecular flexibility index (Phi) is 4.38. The lowest BCUT2D eigenvalue weighted by Gasteiger charge is -2.12. The van der Waals surface area contributed by atoms with Crippen LogP contribution >= 0.6 is 0 Å². The Bertz CT molecular complexity index is 1110. The number of carbonyl (C=O) groups is 1. The first kappa shape index (κ1) is 16.9. The van der Waals surface area contributed by atoms with Crippen molar-refractivity contribution in [2.45, 2.75) is 6.61 Å². The van der Waals surface area contributed by atoms with Gasteiger partial charge in [0.1, 0.15) is 12.4 Å². The van der Waals surface area contributed by atoms with Crippen molar-refractivity contribution in [2.24, 2.45) is 7.05 Å². The average Bonchev–Trinajstić information content (AvgIpc) is 3.04. The van der Waals surface area contributed by atoms with E-state index in [4.69, 9.17) is 4.74 Å². The maximum absolute atomic E-state index is 11.6. The third-order valence-corrected chi connectivity index (χ3v) is 4.66. The van der Waals surface area contributed by atoms with Crippen molar-refractivity contribution < 1.29 is 14.6 Å². The minimum Gasteiger partial charge on any atom is -0.488 e. The highest BCUT2D eigenvalue weighted by atomic mass is 16.5. The van der Waals surface area contributed by atoms with E-state index in [1.165, 1.54) is 0 Å². The van der Waals surface area contributed by atoms with Crippen LogP contribution in [0, 0.1) is 0 Å². The number of carboxylic acids is 1. The van der Waals surface area contributed by atoms with Crippen molar-refractivity contribution in [3.63, 3.8) is 0 Å². The molecule has 4 nitrogen and oxygen atoms in total. The second kappa shape index (κ2) is 7.00. The predicted molar refractivity (Wildman–Crippen MR) is 106 cm³/mol. The Morgan fingerprint density at radius 1 is 1.00 bits per heavy atom. The van der Waals surface area contributed by atoms with E-state index in [2.05, 4.69) is 0 Å². The number of hydrogen-bond acceptors (Lipinski definition) is 2. The van der Waals surface area contributed by atoms with Gasteiger partial charge in [-0.2, -0.15) is 0 Å². The van der Waals surface area contributed by atoms with Gasteiger partial charge in [-0.25, -0.2) is 4.79 Å². The highest BCUT2D eigenvalue weighted by Crippen LogP contribution is 2.33. The summed E-state index contributed by atoms with van der Waals surface area (Å²) < 4.78 is 7.88. The van der Waals surface area contributed by atoms with Gasteiger partial charge in [-0.1, -0.05) is 54.6 Å². The van der Waals surface area contributed by atoms with Crippen molar-refractivity contribution in [1.82, 2.24) is 4.57 Å². The standard InChI is InChI=1S/C23H19NO3/c1-24-14-20(23(25)26)19-13-17(11-12-21(19)24)18-9-5-6-10-22(18)27-15-16-7-3-2-4-8-16/h2-14H,15H2,1H3,(H,25,26). The molecule has 1 aromatic heterocycles. The van der Waals surface area contributed by atoms with E-state index in [1.54, 1.807) is 6.20 Å². The molecule has 0 amide bonds. The van der Waals surface area contributed by atoms with Crippen LogP contribution in [-0.2, 0) is 13.7 Å². The number of ether oxygens (including phenoxy) is 1. The van der Waals surface area contributed by atoms with E-state index in [0.717, 1.165) is 33.3 Å². The van der Waals surface area contributed by atoms with E-state index < -0.39 is 5.97 Å². The van der Waals surface area contributed by atoms with E-state index in [-0.39, 0.29) is 0 Å². The average molecular weight is 357 g/mol. The molecule has 0 unspecified atom stereocenters. The number of carboxylic acid groups (broad SMARTS) is 1. The first-order valence-electron chi connectivity index (χ1n) is 8.72. The summed E-state index contributed by atoms with van der Waals surface area (Å²) in [5, 5.41) is 10.2. The lowest BCUT2D eigenvalue weighted by Crippen LogP contribution is -1.97. The summed E-state index contributed by atoms with van der Waals surface area (Å²) in [4.78, 5) is 11.6. The predicted octanol–water partition coefficient (Wildman–Crippen LogP) is 5.12. The molecule has 0 atom stereocenters. The molecule has 0 fully saturated rings. The fraction of sp³-hybridized carbons (Fsp3) is 0.0870. The minimum absolute atomic E-state index is 0.303. The number of aromatic nitrogens is 1. The first-order valence-corrected chi connectivity index (χ1v) is 8.72. The number of rotatable bonds is 5. The maximum Gasteiger partial charge on any atom is 0.337 e. The molecule has 0 saturated heterocycles. The summed E-state index contributed by atoms with van der Waals surface area (Å²) in [6.07, 6.45) is 1.65. The van der Waals surface area contributed by atoms with Crippen molar-refractivity contribution in [2.75, 3.05) is 0 Å². The molecule has 4 rings (SSSR count). The van der Waals surface area contributed by atoms with Gasteiger partial charge < -0.3 is 14.4 Å². The molecule has 1 N–H and O–H groups in total. The van der Waals surface area contributed by atoms with Gasteiger partial charge in [0.15, 0.2) is 0 Å². The van der Waals surface area contributed by atoms with Gasteiger partial charge in [0, 0.05) is 29.7 Å². The van der Waals surface area contributed by atoms with Crippen molar-refractivity contribution in [1.29, 1.82) is 0 Å². The second-order valence-electron chi connectivity index (χ2n) is 6.46. The fourth-order valence-electron chi connectivity index (χ4n) is 3.30. The monoisotopic (exact) mass is 357 g/mol. The van der Waals surface area contributed by atoms with Gasteiger partial charge >= 0.3 is 5.97 Å². The Balaban J connectivity index is 1.73.